The predicted molar refractivity (Wildman–Crippen MR) is 65.0 cm³/mol. The maximum absolute atomic E-state index is 10.8. The lowest BCUT2D eigenvalue weighted by Crippen LogP contribution is -2.46. The molecule has 1 amide bonds. The first-order chi connectivity index (χ1) is 8.50. The van der Waals surface area contributed by atoms with Crippen LogP contribution in [0.2, 0.25) is 0 Å². The number of nitrogens with zero attached hydrogens (tertiary/aromatic N) is 2. The van der Waals surface area contributed by atoms with Gasteiger partial charge in [0.15, 0.2) is 0 Å². The molecule has 7 nitrogen and oxygen atoms in total. The molecule has 0 radical (unpaired) electrons. The van der Waals surface area contributed by atoms with E-state index in [-0.39, 0.29) is 12.5 Å². The zero-order valence-corrected chi connectivity index (χ0v) is 10.5. The average Bonchev–Trinajstić information content (AvgIpc) is 2.68. The van der Waals surface area contributed by atoms with Gasteiger partial charge in [-0.3, -0.25) is 9.48 Å². The van der Waals surface area contributed by atoms with Crippen LogP contribution in [0.25, 0.3) is 0 Å². The molecular formula is C11H18N4O3. The second-order valence-electron chi connectivity index (χ2n) is 3.99. The van der Waals surface area contributed by atoms with Crippen LogP contribution in [0, 0.1) is 0 Å². The lowest BCUT2D eigenvalue weighted by molar-refractivity contribution is -0.141. The molecule has 0 spiro atoms. The Morgan fingerprint density at radius 1 is 1.56 bits per heavy atom. The molecule has 0 aliphatic rings. The molecule has 1 heterocycles. The number of aliphatic carboxylic acids is 1. The van der Waals surface area contributed by atoms with Crippen molar-refractivity contribution in [2.75, 3.05) is 13.1 Å². The Kier molecular flexibility index (Phi) is 5.31. The Morgan fingerprint density at radius 3 is 2.78 bits per heavy atom. The van der Waals surface area contributed by atoms with E-state index in [2.05, 4.69) is 15.7 Å². The normalized spacial score (nSPS) is 12.1. The molecule has 1 atom stereocenters. The highest BCUT2D eigenvalue weighted by Gasteiger charge is 2.17. The number of hydrogen-bond donors (Lipinski definition) is 3. The van der Waals surface area contributed by atoms with E-state index in [0.29, 0.717) is 6.54 Å². The largest absolute Gasteiger partial charge is 0.480 e. The Balaban J connectivity index is 2.29. The van der Waals surface area contributed by atoms with Crippen LogP contribution in [0.15, 0.2) is 12.3 Å². The Bertz CT molecular complexity index is 416. The predicted octanol–water partition coefficient (Wildman–Crippen LogP) is -0.858. The highest BCUT2D eigenvalue weighted by molar-refractivity contribution is 5.82. The average molecular weight is 254 g/mol. The van der Waals surface area contributed by atoms with Gasteiger partial charge in [-0.1, -0.05) is 0 Å². The summed E-state index contributed by atoms with van der Waals surface area (Å²) in [6.07, 6.45) is 2.47. The molecule has 7 heteroatoms. The monoisotopic (exact) mass is 254 g/mol. The van der Waals surface area contributed by atoms with Crippen LogP contribution in [0.5, 0.6) is 0 Å². The topological polar surface area (TPSA) is 96.3 Å². The zero-order valence-electron chi connectivity index (χ0n) is 10.5. The number of hydrogen-bond acceptors (Lipinski definition) is 4. The fourth-order valence-corrected chi connectivity index (χ4v) is 1.55. The summed E-state index contributed by atoms with van der Waals surface area (Å²) in [6, 6.07) is 1.01. The van der Waals surface area contributed by atoms with Crippen LogP contribution >= 0.6 is 0 Å². The summed E-state index contributed by atoms with van der Waals surface area (Å²) < 4.78 is 1.77. The van der Waals surface area contributed by atoms with Crippen molar-refractivity contribution in [1.82, 2.24) is 20.4 Å². The summed E-state index contributed by atoms with van der Waals surface area (Å²) in [5, 5.41) is 18.3. The summed E-state index contributed by atoms with van der Waals surface area (Å²) >= 11 is 0. The fraction of sp³-hybridized carbons (Fsp3) is 0.545. The molecule has 18 heavy (non-hydrogen) atoms. The van der Waals surface area contributed by atoms with Crippen LogP contribution < -0.4 is 10.6 Å². The number of nitrogens with one attached hydrogen (secondary N) is 2. The van der Waals surface area contributed by atoms with E-state index in [1.54, 1.807) is 10.9 Å². The SMILES string of the molecule is CC(=O)NC(CNCCc1ccnn1C)C(=O)O. The summed E-state index contributed by atoms with van der Waals surface area (Å²) in [5.74, 6) is -1.39. The fourth-order valence-electron chi connectivity index (χ4n) is 1.55. The van der Waals surface area contributed by atoms with E-state index < -0.39 is 12.0 Å². The number of amides is 1. The highest BCUT2D eigenvalue weighted by Crippen LogP contribution is 1.96. The second kappa shape index (κ2) is 6.75. The minimum atomic E-state index is -1.04. The first-order valence-corrected chi connectivity index (χ1v) is 5.68. The molecule has 0 aromatic carbocycles. The van der Waals surface area contributed by atoms with Crippen molar-refractivity contribution < 1.29 is 14.7 Å². The van der Waals surface area contributed by atoms with E-state index >= 15 is 0 Å². The summed E-state index contributed by atoms with van der Waals surface area (Å²) in [5.41, 5.74) is 1.06. The first kappa shape index (κ1) is 14.2. The molecule has 0 saturated carbocycles. The van der Waals surface area contributed by atoms with Gasteiger partial charge in [0.25, 0.3) is 0 Å². The van der Waals surface area contributed by atoms with Gasteiger partial charge in [0.1, 0.15) is 6.04 Å². The van der Waals surface area contributed by atoms with Gasteiger partial charge >= 0.3 is 5.97 Å². The van der Waals surface area contributed by atoms with E-state index in [4.69, 9.17) is 5.11 Å². The number of aromatic nitrogens is 2. The minimum absolute atomic E-state index is 0.201. The molecule has 0 aliphatic carbocycles. The molecule has 0 bridgehead atoms. The van der Waals surface area contributed by atoms with Crippen molar-refractivity contribution in [3.8, 4) is 0 Å². The van der Waals surface area contributed by atoms with Crippen LogP contribution in [0.4, 0.5) is 0 Å². The van der Waals surface area contributed by atoms with E-state index in [1.807, 2.05) is 13.1 Å². The standard InChI is InChI=1S/C11H18N4O3/c1-8(16)14-10(11(17)18)7-12-5-3-9-4-6-13-15(9)2/h4,6,10,12H,3,5,7H2,1-2H3,(H,14,16)(H,17,18). The van der Waals surface area contributed by atoms with Gasteiger partial charge in [0.2, 0.25) is 5.91 Å². The summed E-state index contributed by atoms with van der Waals surface area (Å²) in [6.45, 7) is 2.13. The molecule has 1 aromatic heterocycles. The van der Waals surface area contributed by atoms with Gasteiger partial charge < -0.3 is 15.7 Å². The number of carboxylic acid groups (broad SMARTS) is 1. The maximum Gasteiger partial charge on any atom is 0.327 e. The molecule has 0 saturated heterocycles. The van der Waals surface area contributed by atoms with Crippen LogP contribution in [-0.2, 0) is 23.1 Å². The Labute approximate surface area is 105 Å². The third-order valence-corrected chi connectivity index (χ3v) is 2.50. The Hall–Kier alpha value is -1.89. The van der Waals surface area contributed by atoms with Gasteiger partial charge in [0, 0.05) is 45.4 Å². The minimum Gasteiger partial charge on any atom is -0.480 e. The van der Waals surface area contributed by atoms with Crippen LogP contribution in [0.1, 0.15) is 12.6 Å². The van der Waals surface area contributed by atoms with Crippen molar-refractivity contribution in [3.05, 3.63) is 18.0 Å². The summed E-state index contributed by atoms with van der Waals surface area (Å²) in [7, 11) is 1.85. The molecule has 1 aromatic rings. The number of carbonyl (C=O) groups excluding carboxylic acids is 1. The number of aryl methyl sites for hydroxylation is 1. The van der Waals surface area contributed by atoms with Crippen molar-refractivity contribution in [1.29, 1.82) is 0 Å². The lowest BCUT2D eigenvalue weighted by atomic mass is 10.2. The zero-order chi connectivity index (χ0) is 13.5. The molecule has 0 fully saturated rings. The highest BCUT2D eigenvalue weighted by atomic mass is 16.4. The molecule has 0 aliphatic heterocycles. The van der Waals surface area contributed by atoms with Crippen molar-refractivity contribution >= 4 is 11.9 Å². The molecule has 3 N–H and O–H groups in total. The van der Waals surface area contributed by atoms with Crippen LogP contribution in [0.3, 0.4) is 0 Å². The molecule has 1 rings (SSSR count). The molecule has 1 unspecified atom stereocenters. The lowest BCUT2D eigenvalue weighted by Gasteiger charge is -2.14. The van der Waals surface area contributed by atoms with Gasteiger partial charge in [0.05, 0.1) is 0 Å². The quantitative estimate of drug-likeness (QED) is 0.550. The van der Waals surface area contributed by atoms with E-state index in [0.717, 1.165) is 12.1 Å². The van der Waals surface area contributed by atoms with Gasteiger partial charge in [-0.2, -0.15) is 5.10 Å². The number of carbonyl (C=O) groups is 2. The Morgan fingerprint density at radius 2 is 2.28 bits per heavy atom. The van der Waals surface area contributed by atoms with Gasteiger partial charge in [-0.25, -0.2) is 4.79 Å². The molecule has 100 valence electrons. The molecular weight excluding hydrogens is 236 g/mol. The van der Waals surface area contributed by atoms with Crippen LogP contribution in [-0.4, -0.2) is 45.9 Å². The number of carboxylic acids is 1. The van der Waals surface area contributed by atoms with Gasteiger partial charge in [-0.15, -0.1) is 0 Å². The van der Waals surface area contributed by atoms with E-state index in [9.17, 15) is 9.59 Å². The number of rotatable bonds is 7. The smallest absolute Gasteiger partial charge is 0.327 e. The summed E-state index contributed by atoms with van der Waals surface area (Å²) in [4.78, 5) is 21.7. The van der Waals surface area contributed by atoms with Gasteiger partial charge in [-0.05, 0) is 6.07 Å². The van der Waals surface area contributed by atoms with Crippen molar-refractivity contribution in [2.45, 2.75) is 19.4 Å². The first-order valence-electron chi connectivity index (χ1n) is 5.68. The second-order valence-corrected chi connectivity index (χ2v) is 3.99. The maximum atomic E-state index is 10.8. The third-order valence-electron chi connectivity index (χ3n) is 2.50. The van der Waals surface area contributed by atoms with Crippen molar-refractivity contribution in [3.63, 3.8) is 0 Å². The van der Waals surface area contributed by atoms with Crippen molar-refractivity contribution in [2.24, 2.45) is 7.05 Å². The van der Waals surface area contributed by atoms with E-state index in [1.165, 1.54) is 6.92 Å². The third kappa shape index (κ3) is 4.54.